The van der Waals surface area contributed by atoms with Crippen LogP contribution in [0, 0.1) is 22.2 Å². The van der Waals surface area contributed by atoms with Crippen LogP contribution in [0.2, 0.25) is 0 Å². The van der Waals surface area contributed by atoms with E-state index >= 15 is 0 Å². The van der Waals surface area contributed by atoms with Gasteiger partial charge in [-0.15, -0.1) is 0 Å². The van der Waals surface area contributed by atoms with Gasteiger partial charge in [-0.3, -0.25) is 9.69 Å². The predicted octanol–water partition coefficient (Wildman–Crippen LogP) is 3.32. The molecule has 1 spiro atoms. The molecule has 2 aliphatic heterocycles. The third-order valence-electron chi connectivity index (χ3n) is 8.32. The second-order valence-corrected chi connectivity index (χ2v) is 10.3. The molecule has 24 heavy (non-hydrogen) atoms. The lowest BCUT2D eigenvalue weighted by Gasteiger charge is -2.38. The summed E-state index contributed by atoms with van der Waals surface area (Å²) in [4.78, 5) is 15.1. The van der Waals surface area contributed by atoms with Crippen LogP contribution in [0.4, 0.5) is 0 Å². The Hall–Kier alpha value is -0.670. The second-order valence-electron chi connectivity index (χ2n) is 10.3. The van der Waals surface area contributed by atoms with Crippen molar-refractivity contribution >= 4 is 5.78 Å². The van der Waals surface area contributed by atoms with Crippen molar-refractivity contribution in [3.8, 4) is 0 Å². The first-order valence-electron chi connectivity index (χ1n) is 9.94. The summed E-state index contributed by atoms with van der Waals surface area (Å²) in [5.74, 6) is 0.792. The summed E-state index contributed by atoms with van der Waals surface area (Å²) < 4.78 is 0. The molecule has 5 rings (SSSR count). The van der Waals surface area contributed by atoms with Gasteiger partial charge < -0.3 is 5.11 Å². The normalized spacial score (nSPS) is 51.5. The van der Waals surface area contributed by atoms with Gasteiger partial charge in [-0.2, -0.15) is 0 Å². The lowest BCUT2D eigenvalue weighted by Crippen LogP contribution is -2.46. The fourth-order valence-electron chi connectivity index (χ4n) is 7.52. The Bertz CT molecular complexity index is 665. The fourth-order valence-corrected chi connectivity index (χ4v) is 7.52. The Morgan fingerprint density at radius 3 is 2.71 bits per heavy atom. The molecule has 2 bridgehead atoms. The molecule has 2 saturated carbocycles. The third-order valence-corrected chi connectivity index (χ3v) is 8.32. The standard InChI is InChI=1S/C21H31NO2/c1-5-6-22-15-7-12(23)8-16(22)21-11-20(21,4)18(24)14-10-19(2,3)9-13(14)17(15)21/h14-16,18,24H,5-11H2,1-4H3/t14-,15-,16+,18+,20+,21+/m1/s1. The largest absolute Gasteiger partial charge is 0.392 e. The van der Waals surface area contributed by atoms with E-state index in [9.17, 15) is 9.90 Å². The highest BCUT2D eigenvalue weighted by Gasteiger charge is 2.81. The van der Waals surface area contributed by atoms with Gasteiger partial charge in [0.25, 0.3) is 0 Å². The zero-order chi connectivity index (χ0) is 17.1. The first kappa shape index (κ1) is 15.6. The van der Waals surface area contributed by atoms with E-state index in [2.05, 4.69) is 32.6 Å². The number of carbonyl (C=O) groups is 1. The van der Waals surface area contributed by atoms with Crippen LogP contribution in [0.25, 0.3) is 0 Å². The summed E-state index contributed by atoms with van der Waals surface area (Å²) in [6, 6.07) is 0.701. The summed E-state index contributed by atoms with van der Waals surface area (Å²) in [5, 5.41) is 11.3. The maximum absolute atomic E-state index is 12.5. The van der Waals surface area contributed by atoms with Crippen LogP contribution in [0.15, 0.2) is 11.1 Å². The molecule has 0 amide bonds. The fraction of sp³-hybridized carbons (Fsp3) is 0.857. The molecule has 132 valence electrons. The highest BCUT2D eigenvalue weighted by molar-refractivity contribution is 5.83. The molecule has 3 aliphatic carbocycles. The third kappa shape index (κ3) is 1.55. The van der Waals surface area contributed by atoms with Crippen molar-refractivity contribution in [1.29, 1.82) is 0 Å². The van der Waals surface area contributed by atoms with E-state index in [-0.39, 0.29) is 16.9 Å². The van der Waals surface area contributed by atoms with Crippen LogP contribution in [-0.2, 0) is 4.79 Å². The second kappa shape index (κ2) is 4.35. The molecule has 2 saturated heterocycles. The van der Waals surface area contributed by atoms with E-state index in [1.165, 1.54) is 0 Å². The first-order chi connectivity index (χ1) is 11.2. The van der Waals surface area contributed by atoms with Crippen molar-refractivity contribution in [1.82, 2.24) is 4.90 Å². The van der Waals surface area contributed by atoms with Crippen LogP contribution >= 0.6 is 0 Å². The maximum Gasteiger partial charge on any atom is 0.136 e. The van der Waals surface area contributed by atoms with Crippen molar-refractivity contribution in [2.24, 2.45) is 22.2 Å². The maximum atomic E-state index is 12.5. The molecule has 3 heteroatoms. The Labute approximate surface area is 145 Å². The van der Waals surface area contributed by atoms with Crippen molar-refractivity contribution in [3.63, 3.8) is 0 Å². The Balaban J connectivity index is 1.72. The summed E-state index contributed by atoms with van der Waals surface area (Å²) in [5.41, 5.74) is 3.61. The van der Waals surface area contributed by atoms with E-state index in [4.69, 9.17) is 0 Å². The van der Waals surface area contributed by atoms with Crippen molar-refractivity contribution in [2.75, 3.05) is 6.54 Å². The summed E-state index contributed by atoms with van der Waals surface area (Å²) >= 11 is 0. The van der Waals surface area contributed by atoms with Crippen LogP contribution in [-0.4, -0.2) is 40.5 Å². The minimum absolute atomic E-state index is 0.00689. The molecule has 6 atom stereocenters. The molecular formula is C21H31NO2. The van der Waals surface area contributed by atoms with Gasteiger partial charge in [0, 0.05) is 41.7 Å². The minimum Gasteiger partial charge on any atom is -0.392 e. The molecule has 0 radical (unpaired) electrons. The smallest absolute Gasteiger partial charge is 0.136 e. The molecule has 5 aliphatic rings. The average molecular weight is 329 g/mol. The molecule has 0 aromatic heterocycles. The number of rotatable bonds is 2. The number of aliphatic hydroxyl groups is 1. The molecule has 4 fully saturated rings. The molecule has 1 N–H and O–H groups in total. The Morgan fingerprint density at radius 1 is 1.25 bits per heavy atom. The van der Waals surface area contributed by atoms with E-state index < -0.39 is 0 Å². The SMILES string of the molecule is CCCN1[C@@H]2CC(=O)C[C@H]1[C@]13C[C@@]1(C)[C@@H](O)[C@@H]1CC(C)(C)CC1=C23. The zero-order valence-electron chi connectivity index (χ0n) is 15.6. The quantitative estimate of drug-likeness (QED) is 0.790. The number of nitrogens with zero attached hydrogens (tertiary/aromatic N) is 1. The number of hydrogen-bond donors (Lipinski definition) is 1. The number of fused-ring (bicyclic) bond motifs is 4. The number of Topliss-reactive ketones (excluding diaryl/α,β-unsaturated/α-hetero) is 1. The number of ketones is 1. The van der Waals surface area contributed by atoms with E-state index in [1.807, 2.05) is 0 Å². The van der Waals surface area contributed by atoms with Gasteiger partial charge in [0.15, 0.2) is 0 Å². The van der Waals surface area contributed by atoms with Crippen LogP contribution in [0.3, 0.4) is 0 Å². The van der Waals surface area contributed by atoms with Gasteiger partial charge in [-0.25, -0.2) is 0 Å². The molecule has 0 unspecified atom stereocenters. The summed E-state index contributed by atoms with van der Waals surface area (Å²) in [6.45, 7) is 10.4. The zero-order valence-corrected chi connectivity index (χ0v) is 15.6. The van der Waals surface area contributed by atoms with Crippen LogP contribution < -0.4 is 0 Å². The monoisotopic (exact) mass is 329 g/mol. The van der Waals surface area contributed by atoms with Gasteiger partial charge in [0.05, 0.1) is 6.10 Å². The first-order valence-corrected chi connectivity index (χ1v) is 9.94. The Morgan fingerprint density at radius 2 is 2.00 bits per heavy atom. The molecule has 0 aromatic carbocycles. The number of piperidine rings is 1. The molecule has 2 heterocycles. The van der Waals surface area contributed by atoms with E-state index in [1.54, 1.807) is 11.1 Å². The summed E-state index contributed by atoms with van der Waals surface area (Å²) in [6.07, 6.45) is 5.70. The topological polar surface area (TPSA) is 40.5 Å². The van der Waals surface area contributed by atoms with Gasteiger partial charge in [0.1, 0.15) is 5.78 Å². The highest BCUT2D eigenvalue weighted by Crippen LogP contribution is 2.81. The lowest BCUT2D eigenvalue weighted by molar-refractivity contribution is -0.124. The molecule has 3 nitrogen and oxygen atoms in total. The Kier molecular flexibility index (Phi) is 2.82. The summed E-state index contributed by atoms with van der Waals surface area (Å²) in [7, 11) is 0. The average Bonchev–Trinajstić information content (AvgIpc) is 2.96. The number of hydrogen-bond acceptors (Lipinski definition) is 3. The minimum atomic E-state index is -0.212. The van der Waals surface area contributed by atoms with Crippen molar-refractivity contribution in [2.45, 2.75) is 84.4 Å². The molecular weight excluding hydrogens is 298 g/mol. The highest BCUT2D eigenvalue weighted by atomic mass is 16.3. The van der Waals surface area contributed by atoms with E-state index in [0.29, 0.717) is 35.6 Å². The van der Waals surface area contributed by atoms with Crippen molar-refractivity contribution in [3.05, 3.63) is 11.1 Å². The van der Waals surface area contributed by atoms with E-state index in [0.717, 1.165) is 38.6 Å². The van der Waals surface area contributed by atoms with Gasteiger partial charge >= 0.3 is 0 Å². The van der Waals surface area contributed by atoms with Crippen LogP contribution in [0.1, 0.15) is 66.2 Å². The number of carbonyl (C=O) groups excluding carboxylic acids is 1. The van der Waals surface area contributed by atoms with Crippen molar-refractivity contribution < 1.29 is 9.90 Å². The molecule has 0 aromatic rings. The van der Waals surface area contributed by atoms with Gasteiger partial charge in [0.2, 0.25) is 0 Å². The van der Waals surface area contributed by atoms with Gasteiger partial charge in [-0.05, 0) is 43.2 Å². The van der Waals surface area contributed by atoms with Crippen LogP contribution in [0.5, 0.6) is 0 Å². The predicted molar refractivity (Wildman–Crippen MR) is 93.5 cm³/mol. The lowest BCUT2D eigenvalue weighted by atomic mass is 9.68. The van der Waals surface area contributed by atoms with Gasteiger partial charge in [-0.1, -0.05) is 33.3 Å². The number of aliphatic hydroxyl groups excluding tert-OH is 1.